The highest BCUT2D eigenvalue weighted by molar-refractivity contribution is 7.16. The van der Waals surface area contributed by atoms with Crippen LogP contribution in [0.5, 0.6) is 0 Å². The second-order valence-corrected chi connectivity index (χ2v) is 7.03. The summed E-state index contributed by atoms with van der Waals surface area (Å²) in [5.41, 5.74) is 0.121. The van der Waals surface area contributed by atoms with E-state index in [2.05, 4.69) is 11.8 Å². The molecule has 118 valence electrons. The Morgan fingerprint density at radius 3 is 2.57 bits per heavy atom. The number of nitro groups is 1. The van der Waals surface area contributed by atoms with Gasteiger partial charge in [0, 0.05) is 24.0 Å². The summed E-state index contributed by atoms with van der Waals surface area (Å²) in [6, 6.07) is 1.88. The van der Waals surface area contributed by atoms with Crippen molar-refractivity contribution in [2.75, 3.05) is 11.9 Å². The van der Waals surface area contributed by atoms with E-state index >= 15 is 0 Å². The zero-order chi connectivity index (χ0) is 15.6. The first kappa shape index (κ1) is 16.2. The van der Waals surface area contributed by atoms with Crippen LogP contribution in [-0.2, 0) is 0 Å². The summed E-state index contributed by atoms with van der Waals surface area (Å²) in [4.78, 5) is 13.6. The minimum absolute atomic E-state index is 0.121. The highest BCUT2D eigenvalue weighted by Gasteiger charge is 2.29. The van der Waals surface area contributed by atoms with E-state index in [1.54, 1.807) is 6.92 Å². The molecule has 0 aliphatic heterocycles. The summed E-state index contributed by atoms with van der Waals surface area (Å²) in [5, 5.41) is 21.6. The van der Waals surface area contributed by atoms with Crippen molar-refractivity contribution >= 4 is 22.0 Å². The molecule has 5 nitrogen and oxygen atoms in total. The smallest absolute Gasteiger partial charge is 0.304 e. The first-order valence-electron chi connectivity index (χ1n) is 7.63. The van der Waals surface area contributed by atoms with E-state index in [0.29, 0.717) is 15.9 Å². The molecule has 0 unspecified atom stereocenters. The molecular weight excluding hydrogens is 288 g/mol. The van der Waals surface area contributed by atoms with E-state index in [9.17, 15) is 15.2 Å². The molecule has 0 aromatic carbocycles. The van der Waals surface area contributed by atoms with Crippen LogP contribution in [0.1, 0.15) is 56.9 Å². The largest absolute Gasteiger partial charge is 0.388 e. The maximum absolute atomic E-state index is 11.2. The Morgan fingerprint density at radius 2 is 2.10 bits per heavy atom. The van der Waals surface area contributed by atoms with Crippen LogP contribution < -0.4 is 4.90 Å². The summed E-state index contributed by atoms with van der Waals surface area (Å²) < 4.78 is 0. The van der Waals surface area contributed by atoms with Crippen molar-refractivity contribution in [2.45, 2.75) is 58.1 Å². The molecule has 1 aliphatic carbocycles. The minimum Gasteiger partial charge on any atom is -0.388 e. The van der Waals surface area contributed by atoms with Crippen LogP contribution in [0.4, 0.5) is 10.7 Å². The van der Waals surface area contributed by atoms with E-state index < -0.39 is 6.10 Å². The number of thiophene rings is 1. The van der Waals surface area contributed by atoms with Gasteiger partial charge in [-0.25, -0.2) is 0 Å². The summed E-state index contributed by atoms with van der Waals surface area (Å²) >= 11 is 1.34. The van der Waals surface area contributed by atoms with Gasteiger partial charge in [-0.15, -0.1) is 11.3 Å². The van der Waals surface area contributed by atoms with Crippen molar-refractivity contribution in [3.8, 4) is 0 Å². The highest BCUT2D eigenvalue weighted by atomic mass is 32.1. The fourth-order valence-corrected chi connectivity index (χ4v) is 4.18. The van der Waals surface area contributed by atoms with Crippen molar-refractivity contribution in [3.05, 3.63) is 21.1 Å². The van der Waals surface area contributed by atoms with Gasteiger partial charge in [0.25, 0.3) is 0 Å². The van der Waals surface area contributed by atoms with E-state index in [1.165, 1.54) is 36.7 Å². The Balaban J connectivity index is 2.18. The molecule has 0 amide bonds. The molecule has 1 heterocycles. The van der Waals surface area contributed by atoms with E-state index in [-0.39, 0.29) is 10.6 Å². The van der Waals surface area contributed by atoms with E-state index in [0.717, 1.165) is 18.8 Å². The Bertz CT molecular complexity index is 493. The summed E-state index contributed by atoms with van der Waals surface area (Å²) in [6.07, 6.45) is 5.15. The quantitative estimate of drug-likeness (QED) is 0.656. The van der Waals surface area contributed by atoms with E-state index in [1.807, 2.05) is 7.05 Å². The lowest BCUT2D eigenvalue weighted by Gasteiger charge is -2.34. The lowest BCUT2D eigenvalue weighted by molar-refractivity contribution is -0.383. The normalized spacial score (nSPS) is 23.8. The Morgan fingerprint density at radius 1 is 1.48 bits per heavy atom. The Labute approximate surface area is 129 Å². The topological polar surface area (TPSA) is 66.6 Å². The molecule has 0 radical (unpaired) electrons. The first-order valence-corrected chi connectivity index (χ1v) is 8.44. The average molecular weight is 312 g/mol. The fourth-order valence-electron chi connectivity index (χ4n) is 3.09. The molecule has 0 bridgehead atoms. The van der Waals surface area contributed by atoms with Crippen LogP contribution in [0.3, 0.4) is 0 Å². The lowest BCUT2D eigenvalue weighted by atomic mass is 9.84. The third-order valence-corrected chi connectivity index (χ3v) is 5.97. The van der Waals surface area contributed by atoms with Crippen molar-refractivity contribution in [2.24, 2.45) is 5.92 Å². The molecule has 1 fully saturated rings. The molecule has 1 aliphatic rings. The molecule has 0 saturated heterocycles. The monoisotopic (exact) mass is 312 g/mol. The molecular formula is C15H24N2O3S. The van der Waals surface area contributed by atoms with Crippen LogP contribution in [0.25, 0.3) is 0 Å². The van der Waals surface area contributed by atoms with Gasteiger partial charge in [0.05, 0.1) is 11.0 Å². The second kappa shape index (κ2) is 6.75. The number of nitrogens with zero attached hydrogens (tertiary/aromatic N) is 2. The SMILES string of the molecule is CCC1CCC(N(C)c2sc([C@H](C)O)cc2[N+](=O)[O-])CC1. The van der Waals surface area contributed by atoms with Crippen molar-refractivity contribution in [3.63, 3.8) is 0 Å². The average Bonchev–Trinajstić information content (AvgIpc) is 2.92. The van der Waals surface area contributed by atoms with Crippen LogP contribution in [0.15, 0.2) is 6.07 Å². The molecule has 1 N–H and O–H groups in total. The standard InChI is InChI=1S/C15H24N2O3S/c1-4-11-5-7-12(8-6-11)16(3)15-13(17(19)20)9-14(21-15)10(2)18/h9-12,18H,4-8H2,1-3H3/t10-,11?,12?/m0/s1. The first-order chi connectivity index (χ1) is 9.93. The summed E-state index contributed by atoms with van der Waals surface area (Å²) in [5.74, 6) is 0.806. The number of anilines is 1. The molecule has 1 aromatic heterocycles. The maximum atomic E-state index is 11.2. The number of hydrogen-bond donors (Lipinski definition) is 1. The van der Waals surface area contributed by atoms with Crippen LogP contribution in [-0.4, -0.2) is 23.1 Å². The van der Waals surface area contributed by atoms with Gasteiger partial charge in [-0.3, -0.25) is 10.1 Å². The molecule has 21 heavy (non-hydrogen) atoms. The zero-order valence-corrected chi connectivity index (χ0v) is 13.7. The second-order valence-electron chi connectivity index (χ2n) is 5.97. The molecule has 1 aromatic rings. The number of rotatable bonds is 5. The summed E-state index contributed by atoms with van der Waals surface area (Å²) in [6.45, 7) is 3.87. The van der Waals surface area contributed by atoms with Gasteiger partial charge < -0.3 is 10.0 Å². The highest BCUT2D eigenvalue weighted by Crippen LogP contribution is 2.42. The third-order valence-electron chi connectivity index (χ3n) is 4.58. The van der Waals surface area contributed by atoms with Crippen LogP contribution in [0.2, 0.25) is 0 Å². The molecule has 0 spiro atoms. The van der Waals surface area contributed by atoms with Gasteiger partial charge >= 0.3 is 5.69 Å². The maximum Gasteiger partial charge on any atom is 0.304 e. The van der Waals surface area contributed by atoms with Gasteiger partial charge in [0.1, 0.15) is 0 Å². The van der Waals surface area contributed by atoms with Gasteiger partial charge in [0.15, 0.2) is 5.00 Å². The fraction of sp³-hybridized carbons (Fsp3) is 0.733. The molecule has 2 rings (SSSR count). The minimum atomic E-state index is -0.660. The molecule has 1 atom stereocenters. The number of hydrogen-bond acceptors (Lipinski definition) is 5. The molecule has 6 heteroatoms. The van der Waals surface area contributed by atoms with Crippen molar-refractivity contribution in [1.29, 1.82) is 0 Å². The van der Waals surface area contributed by atoms with Crippen molar-refractivity contribution < 1.29 is 10.0 Å². The van der Waals surface area contributed by atoms with E-state index in [4.69, 9.17) is 0 Å². The predicted molar refractivity (Wildman–Crippen MR) is 86.0 cm³/mol. The molecule has 1 saturated carbocycles. The third kappa shape index (κ3) is 3.55. The number of aliphatic hydroxyl groups is 1. The van der Waals surface area contributed by atoms with Crippen molar-refractivity contribution in [1.82, 2.24) is 0 Å². The van der Waals surface area contributed by atoms with Crippen LogP contribution in [0, 0.1) is 16.0 Å². The van der Waals surface area contributed by atoms with Crippen LogP contribution >= 0.6 is 11.3 Å². The van der Waals surface area contributed by atoms with Gasteiger partial charge in [-0.1, -0.05) is 13.3 Å². The summed E-state index contributed by atoms with van der Waals surface area (Å²) in [7, 11) is 1.95. The van der Waals surface area contributed by atoms with Gasteiger partial charge in [0.2, 0.25) is 0 Å². The van der Waals surface area contributed by atoms with Gasteiger partial charge in [-0.2, -0.15) is 0 Å². The zero-order valence-electron chi connectivity index (χ0n) is 12.9. The Kier molecular flexibility index (Phi) is 5.22. The Hall–Kier alpha value is -1.14. The van der Waals surface area contributed by atoms with Gasteiger partial charge in [-0.05, 0) is 38.5 Å². The lowest BCUT2D eigenvalue weighted by Crippen LogP contribution is -2.34. The number of aliphatic hydroxyl groups excluding tert-OH is 1. The predicted octanol–water partition coefficient (Wildman–Crippen LogP) is 4.11.